The molecule has 0 radical (unpaired) electrons. The average molecular weight is 347 g/mol. The first kappa shape index (κ1) is 15.3. The SMILES string of the molecule is CC(C)NCC1CCCOC1c1ccc(Br)c(Cl)c1. The van der Waals surface area contributed by atoms with E-state index in [2.05, 4.69) is 41.2 Å². The van der Waals surface area contributed by atoms with Crippen LogP contribution in [0.1, 0.15) is 38.4 Å². The van der Waals surface area contributed by atoms with E-state index >= 15 is 0 Å². The summed E-state index contributed by atoms with van der Waals surface area (Å²) in [5.41, 5.74) is 1.18. The summed E-state index contributed by atoms with van der Waals surface area (Å²) in [6.07, 6.45) is 2.51. The van der Waals surface area contributed by atoms with Crippen molar-refractivity contribution in [2.45, 2.75) is 38.8 Å². The third-order valence-electron chi connectivity index (χ3n) is 3.51. The van der Waals surface area contributed by atoms with Crippen LogP contribution in [0.4, 0.5) is 0 Å². The molecular formula is C15H21BrClNO. The van der Waals surface area contributed by atoms with Gasteiger partial charge in [-0.05, 0) is 46.5 Å². The van der Waals surface area contributed by atoms with Crippen molar-refractivity contribution in [2.24, 2.45) is 5.92 Å². The van der Waals surface area contributed by atoms with Crippen molar-refractivity contribution in [1.82, 2.24) is 5.32 Å². The highest BCUT2D eigenvalue weighted by Crippen LogP contribution is 2.35. The molecule has 0 bridgehead atoms. The van der Waals surface area contributed by atoms with Gasteiger partial charge in [-0.2, -0.15) is 0 Å². The molecule has 1 fully saturated rings. The Hall–Kier alpha value is -0.0900. The first-order valence-corrected chi connectivity index (χ1v) is 8.05. The second-order valence-electron chi connectivity index (χ2n) is 5.43. The predicted molar refractivity (Wildman–Crippen MR) is 83.7 cm³/mol. The van der Waals surface area contributed by atoms with Crippen LogP contribution in [0.25, 0.3) is 0 Å². The van der Waals surface area contributed by atoms with Gasteiger partial charge in [-0.3, -0.25) is 0 Å². The third kappa shape index (κ3) is 4.19. The largest absolute Gasteiger partial charge is 0.373 e. The van der Waals surface area contributed by atoms with Gasteiger partial charge in [0.25, 0.3) is 0 Å². The minimum atomic E-state index is 0.158. The molecular weight excluding hydrogens is 326 g/mol. The average Bonchev–Trinajstić information content (AvgIpc) is 2.40. The molecule has 1 aliphatic rings. The number of nitrogens with one attached hydrogen (secondary N) is 1. The maximum atomic E-state index is 6.19. The molecule has 0 aromatic heterocycles. The summed E-state index contributed by atoms with van der Waals surface area (Å²) >= 11 is 9.62. The number of rotatable bonds is 4. The van der Waals surface area contributed by atoms with Gasteiger partial charge in [0.15, 0.2) is 0 Å². The van der Waals surface area contributed by atoms with Crippen molar-refractivity contribution in [3.05, 3.63) is 33.3 Å². The molecule has 1 aliphatic heterocycles. The first-order valence-electron chi connectivity index (χ1n) is 6.88. The molecule has 2 rings (SSSR count). The molecule has 4 heteroatoms. The summed E-state index contributed by atoms with van der Waals surface area (Å²) in [6, 6.07) is 6.64. The van der Waals surface area contributed by atoms with Crippen LogP contribution in [-0.2, 0) is 4.74 Å². The van der Waals surface area contributed by atoms with Crippen molar-refractivity contribution < 1.29 is 4.74 Å². The molecule has 19 heavy (non-hydrogen) atoms. The van der Waals surface area contributed by atoms with Gasteiger partial charge in [-0.25, -0.2) is 0 Å². The van der Waals surface area contributed by atoms with Crippen molar-refractivity contribution >= 4 is 27.5 Å². The molecule has 0 spiro atoms. The predicted octanol–water partition coefficient (Wildman–Crippen LogP) is 4.57. The Morgan fingerprint density at radius 3 is 2.95 bits per heavy atom. The van der Waals surface area contributed by atoms with E-state index in [0.717, 1.165) is 29.1 Å². The van der Waals surface area contributed by atoms with Crippen LogP contribution < -0.4 is 5.32 Å². The van der Waals surface area contributed by atoms with Crippen molar-refractivity contribution in [1.29, 1.82) is 0 Å². The van der Waals surface area contributed by atoms with E-state index in [4.69, 9.17) is 16.3 Å². The zero-order valence-corrected chi connectivity index (χ0v) is 13.8. The zero-order valence-electron chi connectivity index (χ0n) is 11.5. The third-order valence-corrected chi connectivity index (χ3v) is 4.74. The lowest BCUT2D eigenvalue weighted by Crippen LogP contribution is -2.35. The Labute approximate surface area is 129 Å². The fraction of sp³-hybridized carbons (Fsp3) is 0.600. The van der Waals surface area contributed by atoms with Gasteiger partial charge in [-0.1, -0.05) is 31.5 Å². The maximum absolute atomic E-state index is 6.19. The fourth-order valence-electron chi connectivity index (χ4n) is 2.50. The Balaban J connectivity index is 2.11. The van der Waals surface area contributed by atoms with Crippen LogP contribution in [0, 0.1) is 5.92 Å². The normalized spacial score (nSPS) is 23.8. The molecule has 0 amide bonds. The monoisotopic (exact) mass is 345 g/mol. The Bertz CT molecular complexity index is 425. The molecule has 1 aromatic rings. The Kier molecular flexibility index (Phi) is 5.70. The van der Waals surface area contributed by atoms with Gasteiger partial charge in [0, 0.05) is 29.6 Å². The standard InChI is InChI=1S/C15H21BrClNO/c1-10(2)18-9-12-4-3-7-19-15(12)11-5-6-13(16)14(17)8-11/h5-6,8,10,12,15,18H,3-4,7,9H2,1-2H3. The van der Waals surface area contributed by atoms with Crippen LogP contribution in [0.5, 0.6) is 0 Å². The van der Waals surface area contributed by atoms with E-state index in [1.807, 2.05) is 12.1 Å². The summed E-state index contributed by atoms with van der Waals surface area (Å²) in [5, 5.41) is 4.27. The number of halogens is 2. The smallest absolute Gasteiger partial charge is 0.0865 e. The number of ether oxygens (including phenoxy) is 1. The second kappa shape index (κ2) is 7.07. The second-order valence-corrected chi connectivity index (χ2v) is 6.69. The summed E-state index contributed by atoms with van der Waals surface area (Å²) in [5.74, 6) is 0.522. The number of benzene rings is 1. The van der Waals surface area contributed by atoms with Crippen LogP contribution in [0.2, 0.25) is 5.02 Å². The van der Waals surface area contributed by atoms with Gasteiger partial charge >= 0.3 is 0 Å². The minimum Gasteiger partial charge on any atom is -0.373 e. The molecule has 2 atom stereocenters. The molecule has 2 nitrogen and oxygen atoms in total. The van der Waals surface area contributed by atoms with Crippen LogP contribution in [0.15, 0.2) is 22.7 Å². The number of hydrogen-bond donors (Lipinski definition) is 1. The Morgan fingerprint density at radius 1 is 1.47 bits per heavy atom. The fourth-order valence-corrected chi connectivity index (χ4v) is 2.93. The van der Waals surface area contributed by atoms with Gasteiger partial charge in [0.05, 0.1) is 11.1 Å². The lowest BCUT2D eigenvalue weighted by Gasteiger charge is -2.33. The van der Waals surface area contributed by atoms with Crippen molar-refractivity contribution in [3.8, 4) is 0 Å². The molecule has 0 aliphatic carbocycles. The van der Waals surface area contributed by atoms with Crippen LogP contribution in [0.3, 0.4) is 0 Å². The molecule has 1 saturated heterocycles. The lowest BCUT2D eigenvalue weighted by molar-refractivity contribution is -0.0282. The van der Waals surface area contributed by atoms with E-state index < -0.39 is 0 Å². The van der Waals surface area contributed by atoms with E-state index in [1.165, 1.54) is 12.0 Å². The van der Waals surface area contributed by atoms with E-state index in [-0.39, 0.29) is 6.10 Å². The topological polar surface area (TPSA) is 21.3 Å². The molecule has 1 heterocycles. The number of hydrogen-bond acceptors (Lipinski definition) is 2. The molecule has 2 unspecified atom stereocenters. The summed E-state index contributed by atoms with van der Waals surface area (Å²) < 4.78 is 6.93. The van der Waals surface area contributed by atoms with Gasteiger partial charge in [-0.15, -0.1) is 0 Å². The van der Waals surface area contributed by atoms with Crippen LogP contribution in [-0.4, -0.2) is 19.2 Å². The first-order chi connectivity index (χ1) is 9.08. The van der Waals surface area contributed by atoms with Crippen molar-refractivity contribution in [2.75, 3.05) is 13.2 Å². The Morgan fingerprint density at radius 2 is 2.26 bits per heavy atom. The van der Waals surface area contributed by atoms with Crippen LogP contribution >= 0.6 is 27.5 Å². The summed E-state index contributed by atoms with van der Waals surface area (Å²) in [6.45, 7) is 6.19. The summed E-state index contributed by atoms with van der Waals surface area (Å²) in [7, 11) is 0. The van der Waals surface area contributed by atoms with E-state index in [9.17, 15) is 0 Å². The summed E-state index contributed by atoms with van der Waals surface area (Å²) in [4.78, 5) is 0. The van der Waals surface area contributed by atoms with E-state index in [1.54, 1.807) is 0 Å². The molecule has 1 aromatic carbocycles. The van der Waals surface area contributed by atoms with Gasteiger partial charge in [0.2, 0.25) is 0 Å². The molecule has 0 saturated carbocycles. The quantitative estimate of drug-likeness (QED) is 0.862. The maximum Gasteiger partial charge on any atom is 0.0865 e. The highest BCUT2D eigenvalue weighted by atomic mass is 79.9. The lowest BCUT2D eigenvalue weighted by atomic mass is 9.89. The highest BCUT2D eigenvalue weighted by molar-refractivity contribution is 9.10. The molecule has 106 valence electrons. The van der Waals surface area contributed by atoms with Gasteiger partial charge < -0.3 is 10.1 Å². The minimum absolute atomic E-state index is 0.158. The van der Waals surface area contributed by atoms with Crippen molar-refractivity contribution in [3.63, 3.8) is 0 Å². The highest BCUT2D eigenvalue weighted by Gasteiger charge is 2.27. The molecule has 1 N–H and O–H groups in total. The zero-order chi connectivity index (χ0) is 13.8. The van der Waals surface area contributed by atoms with E-state index in [0.29, 0.717) is 12.0 Å². The van der Waals surface area contributed by atoms with Gasteiger partial charge in [0.1, 0.15) is 0 Å².